The first-order valence-electron chi connectivity index (χ1n) is 10.3. The predicted molar refractivity (Wildman–Crippen MR) is 120 cm³/mol. The Bertz CT molecular complexity index is 1010. The van der Waals surface area contributed by atoms with Crippen molar-refractivity contribution in [2.45, 2.75) is 12.8 Å². The quantitative estimate of drug-likeness (QED) is 0.640. The lowest BCUT2D eigenvalue weighted by atomic mass is 9.96. The first kappa shape index (κ1) is 19.7. The van der Waals surface area contributed by atoms with Crippen molar-refractivity contribution in [1.29, 1.82) is 0 Å². The SMILES string of the molecule is O=C(Nc1ccccc1)[C@H]1CCCN(C(=O)c2ccccc2Nc2ccccc2)C1. The minimum atomic E-state index is -0.211. The van der Waals surface area contributed by atoms with E-state index in [1.54, 1.807) is 4.90 Å². The summed E-state index contributed by atoms with van der Waals surface area (Å²) in [5.74, 6) is -0.294. The normalized spacial score (nSPS) is 16.0. The molecule has 2 amide bonds. The van der Waals surface area contributed by atoms with Crippen LogP contribution in [0, 0.1) is 5.92 Å². The van der Waals surface area contributed by atoms with Crippen LogP contribution in [0.5, 0.6) is 0 Å². The van der Waals surface area contributed by atoms with Gasteiger partial charge < -0.3 is 15.5 Å². The molecule has 0 saturated carbocycles. The third-order valence-electron chi connectivity index (χ3n) is 5.33. The third-order valence-corrected chi connectivity index (χ3v) is 5.33. The van der Waals surface area contributed by atoms with Gasteiger partial charge in [-0.2, -0.15) is 0 Å². The van der Waals surface area contributed by atoms with E-state index in [0.29, 0.717) is 18.7 Å². The van der Waals surface area contributed by atoms with Crippen LogP contribution in [0.3, 0.4) is 0 Å². The standard InChI is InChI=1S/C25H25N3O2/c29-24(27-21-13-5-2-6-14-21)19-10-9-17-28(18-19)25(30)22-15-7-8-16-23(22)26-20-11-3-1-4-12-20/h1-8,11-16,19,26H,9-10,17-18H2,(H,27,29)/t19-/m0/s1. The van der Waals surface area contributed by atoms with Crippen molar-refractivity contribution in [2.75, 3.05) is 23.7 Å². The number of carbonyl (C=O) groups is 2. The number of para-hydroxylation sites is 3. The molecule has 1 fully saturated rings. The van der Waals surface area contributed by atoms with Gasteiger partial charge in [0.1, 0.15) is 0 Å². The lowest BCUT2D eigenvalue weighted by molar-refractivity contribution is -0.121. The van der Waals surface area contributed by atoms with Crippen LogP contribution < -0.4 is 10.6 Å². The highest BCUT2D eigenvalue weighted by molar-refractivity contribution is 6.01. The highest BCUT2D eigenvalue weighted by atomic mass is 16.2. The molecular weight excluding hydrogens is 374 g/mol. The van der Waals surface area contributed by atoms with E-state index in [0.717, 1.165) is 29.9 Å². The van der Waals surface area contributed by atoms with Gasteiger partial charge in [-0.15, -0.1) is 0 Å². The number of hydrogen-bond donors (Lipinski definition) is 2. The van der Waals surface area contributed by atoms with Gasteiger partial charge in [0.05, 0.1) is 17.2 Å². The summed E-state index contributed by atoms with van der Waals surface area (Å²) < 4.78 is 0. The van der Waals surface area contributed by atoms with Crippen LogP contribution in [0.2, 0.25) is 0 Å². The van der Waals surface area contributed by atoms with Crippen LogP contribution in [-0.2, 0) is 4.79 Å². The van der Waals surface area contributed by atoms with Crippen LogP contribution in [0.25, 0.3) is 0 Å². The van der Waals surface area contributed by atoms with Crippen molar-refractivity contribution in [3.8, 4) is 0 Å². The lowest BCUT2D eigenvalue weighted by Crippen LogP contribution is -2.43. The fraction of sp³-hybridized carbons (Fsp3) is 0.200. The number of amides is 2. The van der Waals surface area contributed by atoms with Gasteiger partial charge in [0, 0.05) is 24.5 Å². The smallest absolute Gasteiger partial charge is 0.255 e. The van der Waals surface area contributed by atoms with Gasteiger partial charge >= 0.3 is 0 Å². The molecule has 4 rings (SSSR count). The molecule has 0 radical (unpaired) electrons. The molecule has 1 atom stereocenters. The van der Waals surface area contributed by atoms with E-state index in [1.807, 2.05) is 84.9 Å². The Morgan fingerprint density at radius 2 is 1.43 bits per heavy atom. The van der Waals surface area contributed by atoms with Gasteiger partial charge in [-0.3, -0.25) is 9.59 Å². The number of hydrogen-bond acceptors (Lipinski definition) is 3. The highest BCUT2D eigenvalue weighted by Gasteiger charge is 2.29. The maximum absolute atomic E-state index is 13.3. The van der Waals surface area contributed by atoms with E-state index in [-0.39, 0.29) is 17.7 Å². The van der Waals surface area contributed by atoms with E-state index in [9.17, 15) is 9.59 Å². The van der Waals surface area contributed by atoms with Gasteiger partial charge in [-0.05, 0) is 49.2 Å². The fourth-order valence-electron chi connectivity index (χ4n) is 3.77. The Labute approximate surface area is 176 Å². The Morgan fingerprint density at radius 3 is 2.17 bits per heavy atom. The Morgan fingerprint density at radius 1 is 0.800 bits per heavy atom. The second kappa shape index (κ2) is 9.27. The maximum atomic E-state index is 13.3. The highest BCUT2D eigenvalue weighted by Crippen LogP contribution is 2.25. The number of rotatable bonds is 5. The maximum Gasteiger partial charge on any atom is 0.255 e. The van der Waals surface area contributed by atoms with Crippen molar-refractivity contribution in [1.82, 2.24) is 4.90 Å². The minimum Gasteiger partial charge on any atom is -0.355 e. The summed E-state index contributed by atoms with van der Waals surface area (Å²) >= 11 is 0. The van der Waals surface area contributed by atoms with Crippen molar-refractivity contribution in [2.24, 2.45) is 5.92 Å². The number of anilines is 3. The van der Waals surface area contributed by atoms with Crippen molar-refractivity contribution >= 4 is 28.9 Å². The molecule has 0 unspecified atom stereocenters. The van der Waals surface area contributed by atoms with E-state index >= 15 is 0 Å². The molecule has 152 valence electrons. The minimum absolute atomic E-state index is 0.0330. The van der Waals surface area contributed by atoms with Crippen molar-refractivity contribution in [3.05, 3.63) is 90.5 Å². The van der Waals surface area contributed by atoms with Crippen molar-refractivity contribution < 1.29 is 9.59 Å². The molecule has 1 saturated heterocycles. The van der Waals surface area contributed by atoms with E-state index in [2.05, 4.69) is 10.6 Å². The average Bonchev–Trinajstić information content (AvgIpc) is 2.80. The van der Waals surface area contributed by atoms with Gasteiger partial charge in [0.25, 0.3) is 5.91 Å². The molecule has 5 nitrogen and oxygen atoms in total. The predicted octanol–water partition coefficient (Wildman–Crippen LogP) is 4.92. The Balaban J connectivity index is 1.46. The van der Waals surface area contributed by atoms with Crippen LogP contribution in [0.15, 0.2) is 84.9 Å². The Kier molecular flexibility index (Phi) is 6.09. The molecule has 0 aromatic heterocycles. The van der Waals surface area contributed by atoms with Gasteiger partial charge in [-0.25, -0.2) is 0 Å². The second-order valence-electron chi connectivity index (χ2n) is 7.48. The van der Waals surface area contributed by atoms with Gasteiger partial charge in [-0.1, -0.05) is 48.5 Å². The molecule has 5 heteroatoms. The molecule has 2 N–H and O–H groups in total. The number of likely N-dealkylation sites (tertiary alicyclic amines) is 1. The zero-order valence-electron chi connectivity index (χ0n) is 16.8. The van der Waals surface area contributed by atoms with E-state index in [4.69, 9.17) is 0 Å². The van der Waals surface area contributed by atoms with E-state index in [1.165, 1.54) is 0 Å². The second-order valence-corrected chi connectivity index (χ2v) is 7.48. The summed E-state index contributed by atoms with van der Waals surface area (Å²) in [6, 6.07) is 26.7. The lowest BCUT2D eigenvalue weighted by Gasteiger charge is -2.32. The number of nitrogens with zero attached hydrogens (tertiary/aromatic N) is 1. The molecule has 3 aromatic rings. The summed E-state index contributed by atoms with van der Waals surface area (Å²) in [7, 11) is 0. The molecule has 1 heterocycles. The van der Waals surface area contributed by atoms with Crippen molar-refractivity contribution in [3.63, 3.8) is 0 Å². The van der Waals surface area contributed by atoms with Gasteiger partial charge in [0.15, 0.2) is 0 Å². The zero-order chi connectivity index (χ0) is 20.8. The van der Waals surface area contributed by atoms with Gasteiger partial charge in [0.2, 0.25) is 5.91 Å². The molecule has 1 aliphatic rings. The first-order valence-corrected chi connectivity index (χ1v) is 10.3. The molecule has 3 aromatic carbocycles. The number of piperidine rings is 1. The van der Waals surface area contributed by atoms with Crippen LogP contribution in [-0.4, -0.2) is 29.8 Å². The number of benzene rings is 3. The largest absolute Gasteiger partial charge is 0.355 e. The number of nitrogens with one attached hydrogen (secondary N) is 2. The van der Waals surface area contributed by atoms with Crippen LogP contribution >= 0.6 is 0 Å². The summed E-state index contributed by atoms with van der Waals surface area (Å²) in [6.07, 6.45) is 1.60. The van der Waals surface area contributed by atoms with Crippen LogP contribution in [0.1, 0.15) is 23.2 Å². The summed E-state index contributed by atoms with van der Waals surface area (Å²) in [5, 5.41) is 6.30. The molecule has 0 bridgehead atoms. The fourth-order valence-corrected chi connectivity index (χ4v) is 3.77. The molecule has 0 spiro atoms. The summed E-state index contributed by atoms with van der Waals surface area (Å²) in [5.41, 5.74) is 3.09. The van der Waals surface area contributed by atoms with E-state index < -0.39 is 0 Å². The summed E-state index contributed by atoms with van der Waals surface area (Å²) in [4.78, 5) is 27.8. The monoisotopic (exact) mass is 399 g/mol. The topological polar surface area (TPSA) is 61.4 Å². The molecule has 0 aliphatic carbocycles. The average molecular weight is 399 g/mol. The van der Waals surface area contributed by atoms with Crippen LogP contribution in [0.4, 0.5) is 17.1 Å². The zero-order valence-corrected chi connectivity index (χ0v) is 16.8. The number of carbonyl (C=O) groups excluding carboxylic acids is 2. The third kappa shape index (κ3) is 4.69. The molecular formula is C25H25N3O2. The Hall–Kier alpha value is -3.60. The molecule has 30 heavy (non-hydrogen) atoms. The summed E-state index contributed by atoms with van der Waals surface area (Å²) in [6.45, 7) is 1.09. The molecule has 1 aliphatic heterocycles. The first-order chi connectivity index (χ1) is 14.7.